The zero-order valence-corrected chi connectivity index (χ0v) is 66.3. The zero-order valence-electron chi connectivity index (χ0n) is 66.3. The fourth-order valence-corrected chi connectivity index (χ4v) is 20.4. The van der Waals surface area contributed by atoms with E-state index in [0.29, 0.717) is 0 Å². The lowest BCUT2D eigenvalue weighted by atomic mass is 9.94. The molecule has 0 bridgehead atoms. The highest BCUT2D eigenvalue weighted by Gasteiger charge is 2.28. The molecule has 8 aromatic heterocycles. The van der Waals surface area contributed by atoms with E-state index in [4.69, 9.17) is 35.3 Å². The summed E-state index contributed by atoms with van der Waals surface area (Å²) in [5, 5.41) is 17.0. The molecule has 0 fully saturated rings. The molecule has 0 aliphatic heterocycles. The third kappa shape index (κ3) is 10.4. The zero-order chi connectivity index (χ0) is 80.7. The van der Waals surface area contributed by atoms with Crippen molar-refractivity contribution in [3.63, 3.8) is 0 Å². The summed E-state index contributed by atoms with van der Waals surface area (Å²) in [6, 6.07) is 130. The van der Waals surface area contributed by atoms with Crippen LogP contribution in [0.1, 0.15) is 22.3 Å². The normalized spacial score (nSPS) is 12.6. The van der Waals surface area contributed by atoms with E-state index in [1.165, 1.54) is 83.5 Å². The molecule has 576 valence electrons. The van der Waals surface area contributed by atoms with Gasteiger partial charge in [0.25, 0.3) is 0 Å². The quantitative estimate of drug-likeness (QED) is 0.155. The van der Waals surface area contributed by atoms with Gasteiger partial charge in [-0.15, -0.1) is 0 Å². The molecule has 19 aromatic carbocycles. The number of benzene rings is 19. The van der Waals surface area contributed by atoms with Crippen molar-refractivity contribution in [1.29, 1.82) is 0 Å². The monoisotopic (exact) mass is 1580 g/mol. The molecule has 2 aliphatic carbocycles. The highest BCUT2D eigenvalue weighted by molar-refractivity contribution is 6.20. The first-order valence-corrected chi connectivity index (χ1v) is 42.2. The highest BCUT2D eigenvalue weighted by Crippen LogP contribution is 2.50. The minimum absolute atomic E-state index is 0.819. The molecule has 0 spiro atoms. The van der Waals surface area contributed by atoms with E-state index in [0.717, 1.165) is 227 Å². The summed E-state index contributed by atoms with van der Waals surface area (Å²) < 4.78 is 51.1. The van der Waals surface area contributed by atoms with E-state index >= 15 is 0 Å². The molecule has 27 aromatic rings. The van der Waals surface area contributed by atoms with Gasteiger partial charge in [0.2, 0.25) is 0 Å². The lowest BCUT2D eigenvalue weighted by Gasteiger charge is -2.09. The SMILES string of the molecule is c1ccc(-c2ccc3c(c2)-c2cc4c(cc2C3)-c2cc(-c3ccc(-c5ccc6oc7cc8c(cc7c6c5)oc5ccc(-c6ccccc6)cc58)cc3)ccc2C4)cc1.c1ccc2c(c1)oc1ccc(-c3ccc4oc5cc6c(cc5c4c3)oc3ccc(-c4ccc5oc7cc8c(cc7c5c4)oc4ccc(-c5ccc7oc9ccccc9c7c5)cc48)cc36)cc12. The summed E-state index contributed by atoms with van der Waals surface area (Å²) in [6.07, 6.45) is 1.97. The lowest BCUT2D eigenvalue weighted by Crippen LogP contribution is -1.86. The van der Waals surface area contributed by atoms with Crippen molar-refractivity contribution in [2.75, 3.05) is 0 Å². The van der Waals surface area contributed by atoms with Crippen LogP contribution in [-0.4, -0.2) is 0 Å². The van der Waals surface area contributed by atoms with E-state index in [9.17, 15) is 0 Å². The Kier molecular flexibility index (Phi) is 13.9. The molecule has 124 heavy (non-hydrogen) atoms. The van der Waals surface area contributed by atoms with Gasteiger partial charge < -0.3 is 35.3 Å². The Morgan fingerprint density at radius 3 is 0.581 bits per heavy atom. The van der Waals surface area contributed by atoms with E-state index < -0.39 is 0 Å². The first kappa shape index (κ1) is 67.5. The van der Waals surface area contributed by atoms with Gasteiger partial charge in [-0.3, -0.25) is 0 Å². The topological polar surface area (TPSA) is 105 Å². The molecule has 2 aliphatic rings. The smallest absolute Gasteiger partial charge is 0.136 e. The molecular weight excluding hydrogens is 1520 g/mol. The Morgan fingerprint density at radius 2 is 0.298 bits per heavy atom. The van der Waals surface area contributed by atoms with Crippen LogP contribution in [0.15, 0.2) is 399 Å². The average Bonchev–Trinajstić information content (AvgIpc) is 1.59. The van der Waals surface area contributed by atoms with Gasteiger partial charge in [0.1, 0.15) is 89.3 Å². The standard InChI is InChI=1S/C60H30O6.C56H34O2/c1-3-7-49-37(5-1)39-21-31(9-15-51(39)61-49)33-11-17-53-41(23-33)45-27-59-47(29-57(45)63-53)43-25-35(13-19-55(43)65-59)36-14-20-56-44(26-36)48-30-58-46(28-60(48)66-56)42-24-34(12-18-54(42)64-58)32-10-16-52-40(22-32)38-6-2-4-8-50(38)62-52;1-3-7-33(8-4-1)37-15-17-41-23-43-30-48-44(29-47(43)45(41)25-37)24-42-18-16-38(26-46(42)48)35-11-13-36(14-12-35)40-20-22-54-50(28-40)52-32-55-51(31-56(52)58-54)49-27-39(19-21-53(49)57-55)34-9-5-2-6-10-34/h1-30H;1-22,25-32H,23-24H2. The van der Waals surface area contributed by atoms with Gasteiger partial charge >= 0.3 is 0 Å². The molecule has 8 nitrogen and oxygen atoms in total. The summed E-state index contributed by atoms with van der Waals surface area (Å²) in [5.74, 6) is 0. The molecule has 8 heterocycles. The number of fused-ring (bicyclic) bond motifs is 30. The molecule has 29 rings (SSSR count). The van der Waals surface area contributed by atoms with E-state index in [1.807, 2.05) is 30.3 Å². The Hall–Kier alpha value is -16.4. The van der Waals surface area contributed by atoms with Gasteiger partial charge in [0.05, 0.1) is 0 Å². The Morgan fingerprint density at radius 1 is 0.113 bits per heavy atom. The third-order valence-corrected chi connectivity index (χ3v) is 26.6. The van der Waals surface area contributed by atoms with Crippen molar-refractivity contribution in [2.45, 2.75) is 12.8 Å². The fourth-order valence-electron chi connectivity index (χ4n) is 20.4. The van der Waals surface area contributed by atoms with Gasteiger partial charge in [-0.2, -0.15) is 0 Å². The number of hydrogen-bond acceptors (Lipinski definition) is 8. The molecule has 0 N–H and O–H groups in total. The number of para-hydroxylation sites is 2. The summed E-state index contributed by atoms with van der Waals surface area (Å²) in [4.78, 5) is 0. The van der Waals surface area contributed by atoms with Crippen molar-refractivity contribution in [2.24, 2.45) is 0 Å². The predicted octanol–water partition coefficient (Wildman–Crippen LogP) is 33.4. The van der Waals surface area contributed by atoms with Crippen molar-refractivity contribution in [3.8, 4) is 100 Å². The van der Waals surface area contributed by atoms with Crippen molar-refractivity contribution < 1.29 is 35.3 Å². The maximum Gasteiger partial charge on any atom is 0.136 e. The fraction of sp³-hybridized carbons (Fsp3) is 0.0172. The Bertz CT molecular complexity index is 9000. The number of hydrogen-bond donors (Lipinski definition) is 0. The van der Waals surface area contributed by atoms with Crippen LogP contribution in [0.25, 0.3) is 276 Å². The minimum Gasteiger partial charge on any atom is -0.456 e. The molecule has 0 saturated carbocycles. The first-order chi connectivity index (χ1) is 61.3. The highest BCUT2D eigenvalue weighted by atomic mass is 16.4. The van der Waals surface area contributed by atoms with Crippen molar-refractivity contribution >= 4 is 176 Å². The van der Waals surface area contributed by atoms with Gasteiger partial charge in [-0.1, -0.05) is 194 Å². The largest absolute Gasteiger partial charge is 0.456 e. The van der Waals surface area contributed by atoms with Crippen LogP contribution in [0.3, 0.4) is 0 Å². The van der Waals surface area contributed by atoms with Crippen LogP contribution in [0, 0.1) is 0 Å². The maximum atomic E-state index is 6.53. The maximum absolute atomic E-state index is 6.53. The lowest BCUT2D eigenvalue weighted by molar-refractivity contribution is 0.664. The van der Waals surface area contributed by atoms with E-state index in [-0.39, 0.29) is 0 Å². The van der Waals surface area contributed by atoms with Gasteiger partial charge in [0.15, 0.2) is 0 Å². The number of rotatable bonds is 7. The predicted molar refractivity (Wildman–Crippen MR) is 506 cm³/mol. The molecule has 0 unspecified atom stereocenters. The summed E-state index contributed by atoms with van der Waals surface area (Å²) in [7, 11) is 0. The van der Waals surface area contributed by atoms with E-state index in [1.54, 1.807) is 0 Å². The van der Waals surface area contributed by atoms with Gasteiger partial charge in [0, 0.05) is 86.2 Å². The van der Waals surface area contributed by atoms with Gasteiger partial charge in [-0.25, -0.2) is 0 Å². The average molecular weight is 1590 g/mol. The van der Waals surface area contributed by atoms with Crippen LogP contribution in [-0.2, 0) is 12.8 Å². The van der Waals surface area contributed by atoms with Crippen LogP contribution in [0.4, 0.5) is 0 Å². The minimum atomic E-state index is 0.819. The molecule has 0 radical (unpaired) electrons. The second-order valence-corrected chi connectivity index (χ2v) is 33.6. The van der Waals surface area contributed by atoms with Crippen LogP contribution < -0.4 is 0 Å². The van der Waals surface area contributed by atoms with Crippen LogP contribution in [0.5, 0.6) is 0 Å². The summed E-state index contributed by atoms with van der Waals surface area (Å²) in [6.45, 7) is 0. The van der Waals surface area contributed by atoms with E-state index in [2.05, 4.69) is 334 Å². The molecule has 0 amide bonds. The Labute approximate surface area is 705 Å². The Balaban J connectivity index is 0.000000128. The molecular formula is C116H64O8. The second kappa shape index (κ2) is 25.6. The van der Waals surface area contributed by atoms with Crippen molar-refractivity contribution in [3.05, 3.63) is 386 Å². The third-order valence-electron chi connectivity index (χ3n) is 26.6. The second-order valence-electron chi connectivity index (χ2n) is 33.6. The molecule has 0 atom stereocenters. The van der Waals surface area contributed by atoms with Crippen LogP contribution in [0.2, 0.25) is 0 Å². The summed E-state index contributed by atoms with van der Waals surface area (Å²) >= 11 is 0. The molecule has 0 saturated heterocycles. The van der Waals surface area contributed by atoms with Crippen molar-refractivity contribution in [1.82, 2.24) is 0 Å². The van der Waals surface area contributed by atoms with Crippen LogP contribution >= 0.6 is 0 Å². The first-order valence-electron chi connectivity index (χ1n) is 42.2. The summed E-state index contributed by atoms with van der Waals surface area (Å²) in [5.41, 5.74) is 41.3. The molecule has 8 heteroatoms. The van der Waals surface area contributed by atoms with Gasteiger partial charge in [-0.05, 0) is 305 Å². The number of furan rings is 8.